The average molecular weight is 325 g/mol. The first-order chi connectivity index (χ1) is 3.12. The molecular formula is C6H10AcO. The molecule has 0 saturated heterocycles. The van der Waals surface area contributed by atoms with Crippen molar-refractivity contribution >= 4 is 0 Å². The summed E-state index contributed by atoms with van der Waals surface area (Å²) in [7, 11) is 0. The van der Waals surface area contributed by atoms with Crippen LogP contribution in [-0.4, -0.2) is 10.7 Å². The van der Waals surface area contributed by atoms with E-state index in [0.29, 0.717) is 6.42 Å². The molecule has 0 aliphatic heterocycles. The van der Waals surface area contributed by atoms with Crippen LogP contribution in [0.2, 0.25) is 0 Å². The van der Waals surface area contributed by atoms with Crippen LogP contribution in [0.1, 0.15) is 20.3 Å². The average Bonchev–Trinajstić information content (AvgIpc) is 1.68. The van der Waals surface area contributed by atoms with Gasteiger partial charge in [0.15, 0.2) is 0 Å². The predicted octanol–water partition coefficient (Wildman–Crippen LogP) is 0.781. The van der Waals surface area contributed by atoms with Crippen molar-refractivity contribution in [1.82, 2.24) is 0 Å². The van der Waals surface area contributed by atoms with Gasteiger partial charge in [-0.3, -0.25) is 0 Å². The molecule has 1 radical (unpaired) electrons. The quantitative estimate of drug-likeness (QED) is 0.707. The van der Waals surface area contributed by atoms with Crippen LogP contribution in [0.25, 0.3) is 0 Å². The van der Waals surface area contributed by atoms with Crippen molar-refractivity contribution in [3.63, 3.8) is 0 Å². The molecule has 8 heavy (non-hydrogen) atoms. The Balaban J connectivity index is 0. The Morgan fingerprint density at radius 1 is 1.75 bits per heavy atom. The topological polar surface area (TPSA) is 20.2 Å². The zero-order valence-electron chi connectivity index (χ0n) is 5.31. The van der Waals surface area contributed by atoms with Gasteiger partial charge in [0.25, 0.3) is 0 Å². The van der Waals surface area contributed by atoms with Crippen LogP contribution < -0.4 is 0 Å². The summed E-state index contributed by atoms with van der Waals surface area (Å²) < 4.78 is 0. The molecule has 0 aliphatic carbocycles. The maximum absolute atomic E-state index is 8.90. The van der Waals surface area contributed by atoms with Crippen LogP contribution in [-0.2, 0) is 0 Å². The fourth-order valence-electron chi connectivity index (χ4n) is 0.102. The molecule has 1 N–H and O–H groups in total. The van der Waals surface area contributed by atoms with E-state index in [1.165, 1.54) is 0 Å². The summed E-state index contributed by atoms with van der Waals surface area (Å²) in [5.41, 5.74) is -0.889. The Bertz CT molecular complexity index is 91.2. The van der Waals surface area contributed by atoms with Gasteiger partial charge in [0.2, 0.25) is 0 Å². The maximum atomic E-state index is 8.90. The summed E-state index contributed by atoms with van der Waals surface area (Å²) >= 11 is 0. The number of hydrogen-bond acceptors (Lipinski definition) is 1. The Morgan fingerprint density at radius 3 is 2.12 bits per heavy atom. The molecule has 1 atom stereocenters. The third-order valence-corrected chi connectivity index (χ3v) is 0.999. The second kappa shape index (κ2) is 4.80. The number of rotatable bonds is 1. The SMILES string of the molecule is C#CC(C)(O)CC.[Ac]. The van der Waals surface area contributed by atoms with E-state index in [1.54, 1.807) is 6.92 Å². The molecule has 2 heteroatoms. The molecule has 0 aliphatic rings. The summed E-state index contributed by atoms with van der Waals surface area (Å²) in [5, 5.41) is 8.90. The zero-order valence-corrected chi connectivity index (χ0v) is 10.1. The minimum absolute atomic E-state index is 0. The maximum Gasteiger partial charge on any atom is 0.122 e. The van der Waals surface area contributed by atoms with Crippen molar-refractivity contribution in [3.8, 4) is 12.3 Å². The Kier molecular flexibility index (Phi) is 7.04. The van der Waals surface area contributed by atoms with Crippen LogP contribution in [0.15, 0.2) is 0 Å². The van der Waals surface area contributed by atoms with Gasteiger partial charge in [-0.15, -0.1) is 6.42 Å². The molecule has 0 aromatic heterocycles. The van der Waals surface area contributed by atoms with Gasteiger partial charge in [-0.2, -0.15) is 0 Å². The smallest absolute Gasteiger partial charge is 0.122 e. The largest absolute Gasteiger partial charge is 0.378 e. The number of hydrogen-bond donors (Lipinski definition) is 1. The second-order valence-corrected chi connectivity index (χ2v) is 1.77. The Morgan fingerprint density at radius 2 is 2.12 bits per heavy atom. The molecule has 0 saturated carbocycles. The van der Waals surface area contributed by atoms with Gasteiger partial charge in [0.1, 0.15) is 5.60 Å². The second-order valence-electron chi connectivity index (χ2n) is 1.77. The summed E-state index contributed by atoms with van der Waals surface area (Å²) in [6, 6.07) is 0. The molecule has 0 heterocycles. The summed E-state index contributed by atoms with van der Waals surface area (Å²) in [6.45, 7) is 3.47. The number of terminal acetylenes is 1. The standard InChI is InChI=1S/C6H10O.Ac/c1-4-6(3,7)5-2;/h1,7H,5H2,2-3H3;. The predicted molar refractivity (Wildman–Crippen MR) is 29.7 cm³/mol. The first-order valence-electron chi connectivity index (χ1n) is 2.32. The van der Waals surface area contributed by atoms with Gasteiger partial charge in [-0.05, 0) is 13.3 Å². The third-order valence-electron chi connectivity index (χ3n) is 0.999. The first kappa shape index (κ1) is 11.7. The summed E-state index contributed by atoms with van der Waals surface area (Å²) in [4.78, 5) is 0. The van der Waals surface area contributed by atoms with Gasteiger partial charge < -0.3 is 5.11 Å². The van der Waals surface area contributed by atoms with Gasteiger partial charge >= 0.3 is 0 Å². The molecule has 43 valence electrons. The third kappa shape index (κ3) is 5.11. The normalized spacial score (nSPS) is 15.2. The van der Waals surface area contributed by atoms with Crippen LogP contribution in [0.5, 0.6) is 0 Å². The van der Waals surface area contributed by atoms with E-state index in [9.17, 15) is 0 Å². The monoisotopic (exact) mass is 325 g/mol. The zero-order chi connectivity index (χ0) is 5.91. The van der Waals surface area contributed by atoms with Crippen molar-refractivity contribution in [2.75, 3.05) is 0 Å². The van der Waals surface area contributed by atoms with E-state index in [-0.39, 0.29) is 44.1 Å². The Labute approximate surface area is 86.4 Å². The van der Waals surface area contributed by atoms with Gasteiger partial charge in [-0.25, -0.2) is 0 Å². The van der Waals surface area contributed by atoms with Crippen LogP contribution in [0.4, 0.5) is 0 Å². The molecule has 0 aromatic carbocycles. The van der Waals surface area contributed by atoms with Crippen LogP contribution in [0.3, 0.4) is 0 Å². The fraction of sp³-hybridized carbons (Fsp3) is 0.667. The molecule has 0 aromatic rings. The molecule has 0 rings (SSSR count). The molecule has 0 spiro atoms. The van der Waals surface area contributed by atoms with Crippen molar-refractivity contribution < 1.29 is 49.2 Å². The van der Waals surface area contributed by atoms with Crippen LogP contribution in [0, 0.1) is 56.4 Å². The van der Waals surface area contributed by atoms with E-state index < -0.39 is 5.60 Å². The van der Waals surface area contributed by atoms with E-state index in [1.807, 2.05) is 6.92 Å². The van der Waals surface area contributed by atoms with Crippen molar-refractivity contribution in [2.45, 2.75) is 25.9 Å². The van der Waals surface area contributed by atoms with Crippen molar-refractivity contribution in [3.05, 3.63) is 0 Å². The molecule has 1 unspecified atom stereocenters. The van der Waals surface area contributed by atoms with Crippen molar-refractivity contribution in [2.24, 2.45) is 0 Å². The molecule has 0 amide bonds. The van der Waals surface area contributed by atoms with Crippen molar-refractivity contribution in [1.29, 1.82) is 0 Å². The van der Waals surface area contributed by atoms with E-state index in [4.69, 9.17) is 11.5 Å². The number of aliphatic hydroxyl groups is 1. The first-order valence-corrected chi connectivity index (χ1v) is 2.32. The van der Waals surface area contributed by atoms with Gasteiger partial charge in [0, 0.05) is 44.1 Å². The molecule has 0 fully saturated rings. The molecule has 0 bridgehead atoms. The summed E-state index contributed by atoms with van der Waals surface area (Å²) in [6.07, 6.45) is 5.53. The van der Waals surface area contributed by atoms with Gasteiger partial charge in [-0.1, -0.05) is 12.8 Å². The fourth-order valence-corrected chi connectivity index (χ4v) is 0.102. The van der Waals surface area contributed by atoms with E-state index in [2.05, 4.69) is 5.92 Å². The molecule has 1 nitrogen and oxygen atoms in total. The minimum Gasteiger partial charge on any atom is -0.378 e. The van der Waals surface area contributed by atoms with E-state index in [0.717, 1.165) is 0 Å². The summed E-state index contributed by atoms with van der Waals surface area (Å²) in [5.74, 6) is 2.25. The van der Waals surface area contributed by atoms with Crippen LogP contribution >= 0.6 is 0 Å². The van der Waals surface area contributed by atoms with Gasteiger partial charge in [0.05, 0.1) is 0 Å². The Hall–Kier alpha value is 0.962. The van der Waals surface area contributed by atoms with E-state index >= 15 is 0 Å². The minimum atomic E-state index is -0.889. The molecular weight excluding hydrogens is 315 g/mol.